The van der Waals surface area contributed by atoms with Crippen LogP contribution in [0.2, 0.25) is 0 Å². The van der Waals surface area contributed by atoms with Crippen LogP contribution in [0.5, 0.6) is 0 Å². The van der Waals surface area contributed by atoms with Gasteiger partial charge in [0, 0.05) is 17.9 Å². The summed E-state index contributed by atoms with van der Waals surface area (Å²) in [4.78, 5) is 23.9. The van der Waals surface area contributed by atoms with E-state index in [-0.39, 0.29) is 17.9 Å². The second-order valence-electron chi connectivity index (χ2n) is 5.66. The Kier molecular flexibility index (Phi) is 4.28. The minimum Gasteiger partial charge on any atom is -0.338 e. The Balaban J connectivity index is 1.50. The van der Waals surface area contributed by atoms with Crippen LogP contribution in [0.25, 0.3) is 0 Å². The van der Waals surface area contributed by atoms with E-state index in [9.17, 15) is 9.59 Å². The number of urea groups is 1. The maximum absolute atomic E-state index is 12.0. The highest BCUT2D eigenvalue weighted by molar-refractivity contribution is 6.02. The lowest BCUT2D eigenvalue weighted by Gasteiger charge is -2.11. The van der Waals surface area contributed by atoms with Crippen molar-refractivity contribution in [3.05, 3.63) is 59.7 Å². The molecule has 118 valence electrons. The molecule has 3 rings (SSSR count). The van der Waals surface area contributed by atoms with Crippen molar-refractivity contribution in [1.82, 2.24) is 5.32 Å². The third-order valence-electron chi connectivity index (χ3n) is 3.94. The molecule has 5 nitrogen and oxygen atoms in total. The van der Waals surface area contributed by atoms with Crippen molar-refractivity contribution in [2.24, 2.45) is 0 Å². The number of carbonyl (C=O) groups is 2. The third-order valence-corrected chi connectivity index (χ3v) is 3.94. The van der Waals surface area contributed by atoms with Gasteiger partial charge in [0.15, 0.2) is 0 Å². The van der Waals surface area contributed by atoms with E-state index in [4.69, 9.17) is 0 Å². The lowest BCUT2D eigenvalue weighted by Crippen LogP contribution is -2.31. The number of para-hydroxylation sites is 1. The van der Waals surface area contributed by atoms with E-state index in [0.29, 0.717) is 13.0 Å². The standard InChI is InChI=1S/C18H19N3O2/c1-12-6-8-13(9-7-12)20-18(23)19-11-10-15-14-4-2-3-5-16(14)21-17(15)22/h2-9,15H,10-11H2,1H3,(H,21,22)(H2,19,20,23). The molecule has 2 aromatic rings. The SMILES string of the molecule is Cc1ccc(NC(=O)NCCC2C(=O)Nc3ccccc32)cc1. The number of hydrogen-bond donors (Lipinski definition) is 3. The molecule has 0 saturated carbocycles. The topological polar surface area (TPSA) is 70.2 Å². The van der Waals surface area contributed by atoms with Crippen LogP contribution in [0.1, 0.15) is 23.5 Å². The second kappa shape index (κ2) is 6.52. The molecule has 23 heavy (non-hydrogen) atoms. The monoisotopic (exact) mass is 309 g/mol. The number of rotatable bonds is 4. The normalized spacial score (nSPS) is 15.7. The summed E-state index contributed by atoms with van der Waals surface area (Å²) in [6.07, 6.45) is 0.574. The van der Waals surface area contributed by atoms with Gasteiger partial charge < -0.3 is 16.0 Å². The summed E-state index contributed by atoms with van der Waals surface area (Å²) in [6, 6.07) is 15.0. The largest absolute Gasteiger partial charge is 0.338 e. The lowest BCUT2D eigenvalue weighted by atomic mass is 9.97. The number of amides is 3. The molecule has 0 bridgehead atoms. The maximum atomic E-state index is 12.0. The number of carbonyl (C=O) groups excluding carboxylic acids is 2. The smallest absolute Gasteiger partial charge is 0.319 e. The van der Waals surface area contributed by atoms with Crippen molar-refractivity contribution in [2.45, 2.75) is 19.3 Å². The summed E-state index contributed by atoms with van der Waals surface area (Å²) in [5, 5.41) is 8.43. The number of aryl methyl sites for hydroxylation is 1. The van der Waals surface area contributed by atoms with Crippen molar-refractivity contribution in [1.29, 1.82) is 0 Å². The van der Waals surface area contributed by atoms with Crippen molar-refractivity contribution in [2.75, 3.05) is 17.2 Å². The van der Waals surface area contributed by atoms with Gasteiger partial charge >= 0.3 is 6.03 Å². The first-order valence-electron chi connectivity index (χ1n) is 7.65. The first-order chi connectivity index (χ1) is 11.1. The van der Waals surface area contributed by atoms with Crippen molar-refractivity contribution >= 4 is 23.3 Å². The van der Waals surface area contributed by atoms with Crippen LogP contribution in [0.3, 0.4) is 0 Å². The maximum Gasteiger partial charge on any atom is 0.319 e. The summed E-state index contributed by atoms with van der Waals surface area (Å²) in [7, 11) is 0. The van der Waals surface area contributed by atoms with Crippen LogP contribution in [-0.4, -0.2) is 18.5 Å². The van der Waals surface area contributed by atoms with Gasteiger partial charge in [0.05, 0.1) is 5.92 Å². The molecular formula is C18H19N3O2. The molecule has 1 unspecified atom stereocenters. The molecule has 5 heteroatoms. The van der Waals surface area contributed by atoms with Crippen molar-refractivity contribution < 1.29 is 9.59 Å². The molecule has 1 heterocycles. The van der Waals surface area contributed by atoms with Gasteiger partial charge in [0.1, 0.15) is 0 Å². The van der Waals surface area contributed by atoms with E-state index < -0.39 is 0 Å². The zero-order chi connectivity index (χ0) is 16.2. The molecule has 0 aliphatic carbocycles. The van der Waals surface area contributed by atoms with Gasteiger partial charge in [-0.15, -0.1) is 0 Å². The molecule has 0 radical (unpaired) electrons. The van der Waals surface area contributed by atoms with E-state index in [2.05, 4.69) is 16.0 Å². The number of fused-ring (bicyclic) bond motifs is 1. The quantitative estimate of drug-likeness (QED) is 0.811. The van der Waals surface area contributed by atoms with Gasteiger partial charge in [-0.05, 0) is 37.1 Å². The first kappa shape index (κ1) is 15.1. The van der Waals surface area contributed by atoms with Gasteiger partial charge in [-0.25, -0.2) is 4.79 Å². The summed E-state index contributed by atoms with van der Waals surface area (Å²) in [5.74, 6) is -0.210. The molecule has 1 aliphatic rings. The Morgan fingerprint density at radius 3 is 2.65 bits per heavy atom. The molecular weight excluding hydrogens is 290 g/mol. The Labute approximate surface area is 135 Å². The molecule has 0 saturated heterocycles. The molecule has 0 fully saturated rings. The summed E-state index contributed by atoms with van der Waals surface area (Å²) >= 11 is 0. The van der Waals surface area contributed by atoms with Crippen LogP contribution in [-0.2, 0) is 4.79 Å². The van der Waals surface area contributed by atoms with E-state index in [1.54, 1.807) is 0 Å². The predicted octanol–water partition coefficient (Wildman–Crippen LogP) is 3.24. The van der Waals surface area contributed by atoms with Crippen LogP contribution in [0, 0.1) is 6.92 Å². The molecule has 0 spiro atoms. The van der Waals surface area contributed by atoms with Crippen LogP contribution in [0.15, 0.2) is 48.5 Å². The van der Waals surface area contributed by atoms with Gasteiger partial charge in [0.25, 0.3) is 0 Å². The van der Waals surface area contributed by atoms with E-state index in [1.165, 1.54) is 0 Å². The molecule has 1 atom stereocenters. The molecule has 3 amide bonds. The van der Waals surface area contributed by atoms with Crippen LogP contribution >= 0.6 is 0 Å². The molecule has 0 aromatic heterocycles. The van der Waals surface area contributed by atoms with Gasteiger partial charge in [0.2, 0.25) is 5.91 Å². The van der Waals surface area contributed by atoms with Gasteiger partial charge in [-0.3, -0.25) is 4.79 Å². The zero-order valence-corrected chi connectivity index (χ0v) is 12.9. The Morgan fingerprint density at radius 2 is 1.87 bits per heavy atom. The number of hydrogen-bond acceptors (Lipinski definition) is 2. The highest BCUT2D eigenvalue weighted by Crippen LogP contribution is 2.33. The Bertz CT molecular complexity index is 725. The number of benzene rings is 2. The Hall–Kier alpha value is -2.82. The number of nitrogens with one attached hydrogen (secondary N) is 3. The highest BCUT2D eigenvalue weighted by atomic mass is 16.2. The summed E-state index contributed by atoms with van der Waals surface area (Å²) < 4.78 is 0. The van der Waals surface area contributed by atoms with Gasteiger partial charge in [-0.1, -0.05) is 35.9 Å². The van der Waals surface area contributed by atoms with Crippen LogP contribution in [0.4, 0.5) is 16.2 Å². The Morgan fingerprint density at radius 1 is 1.13 bits per heavy atom. The van der Waals surface area contributed by atoms with Crippen molar-refractivity contribution in [3.63, 3.8) is 0 Å². The summed E-state index contributed by atoms with van der Waals surface area (Å²) in [5.41, 5.74) is 3.75. The summed E-state index contributed by atoms with van der Waals surface area (Å²) in [6.45, 7) is 2.43. The van der Waals surface area contributed by atoms with E-state index in [0.717, 1.165) is 22.5 Å². The fraction of sp³-hybridized carbons (Fsp3) is 0.222. The average molecular weight is 309 g/mol. The average Bonchev–Trinajstić information content (AvgIpc) is 2.86. The third kappa shape index (κ3) is 3.51. The first-order valence-corrected chi connectivity index (χ1v) is 7.65. The second-order valence-corrected chi connectivity index (χ2v) is 5.66. The van der Waals surface area contributed by atoms with E-state index in [1.807, 2.05) is 55.5 Å². The fourth-order valence-electron chi connectivity index (χ4n) is 2.70. The lowest BCUT2D eigenvalue weighted by molar-refractivity contribution is -0.117. The van der Waals surface area contributed by atoms with Crippen molar-refractivity contribution in [3.8, 4) is 0 Å². The van der Waals surface area contributed by atoms with Gasteiger partial charge in [-0.2, -0.15) is 0 Å². The molecule has 1 aliphatic heterocycles. The minimum atomic E-state index is -0.263. The predicted molar refractivity (Wildman–Crippen MR) is 90.6 cm³/mol. The molecule has 3 N–H and O–H groups in total. The van der Waals surface area contributed by atoms with E-state index >= 15 is 0 Å². The zero-order valence-electron chi connectivity index (χ0n) is 12.9. The highest BCUT2D eigenvalue weighted by Gasteiger charge is 2.29. The number of anilines is 2. The fourth-order valence-corrected chi connectivity index (χ4v) is 2.70. The molecule has 2 aromatic carbocycles. The van der Waals surface area contributed by atoms with Crippen LogP contribution < -0.4 is 16.0 Å². The minimum absolute atomic E-state index is 0.00746.